The number of carbonyl (C=O) groups is 1. The molecule has 4 rings (SSSR count). The Hall–Kier alpha value is -3.33. The third-order valence-electron chi connectivity index (χ3n) is 5.04. The molecule has 6 heteroatoms. The van der Waals surface area contributed by atoms with Crippen LogP contribution >= 0.6 is 0 Å². The summed E-state index contributed by atoms with van der Waals surface area (Å²) in [6.07, 6.45) is 4.01. The number of nitriles is 1. The van der Waals surface area contributed by atoms with Gasteiger partial charge in [-0.15, -0.1) is 0 Å². The molecule has 2 N–H and O–H groups in total. The lowest BCUT2D eigenvalue weighted by Gasteiger charge is -2.27. The van der Waals surface area contributed by atoms with Gasteiger partial charge in [-0.2, -0.15) is 10.4 Å². The highest BCUT2D eigenvalue weighted by Crippen LogP contribution is 2.33. The van der Waals surface area contributed by atoms with Crippen LogP contribution in [-0.4, -0.2) is 33.7 Å². The molecule has 1 aromatic heterocycles. The van der Waals surface area contributed by atoms with Crippen molar-refractivity contribution >= 4 is 16.8 Å². The van der Waals surface area contributed by atoms with Gasteiger partial charge in [0.15, 0.2) is 6.19 Å². The summed E-state index contributed by atoms with van der Waals surface area (Å²) in [7, 11) is 0. The van der Waals surface area contributed by atoms with E-state index < -0.39 is 5.91 Å². The van der Waals surface area contributed by atoms with E-state index in [0.717, 1.165) is 42.5 Å². The quantitative estimate of drug-likeness (QED) is 0.739. The number of piperidine rings is 1. The van der Waals surface area contributed by atoms with Gasteiger partial charge >= 0.3 is 0 Å². The number of para-hydroxylation sites is 2. The second-order valence-electron chi connectivity index (χ2n) is 6.56. The zero-order valence-corrected chi connectivity index (χ0v) is 14.3. The Balaban J connectivity index is 1.84. The van der Waals surface area contributed by atoms with Crippen LogP contribution < -0.4 is 5.73 Å². The van der Waals surface area contributed by atoms with Crippen LogP contribution in [0.2, 0.25) is 0 Å². The second-order valence-corrected chi connectivity index (χ2v) is 6.56. The fraction of sp³-hybridized carbons (Fsp3) is 0.250. The van der Waals surface area contributed by atoms with E-state index in [2.05, 4.69) is 12.3 Å². The van der Waals surface area contributed by atoms with Crippen molar-refractivity contribution in [2.24, 2.45) is 5.73 Å². The molecule has 6 nitrogen and oxygen atoms in total. The Morgan fingerprint density at radius 2 is 1.81 bits per heavy atom. The van der Waals surface area contributed by atoms with E-state index in [0.29, 0.717) is 17.2 Å². The Labute approximate surface area is 151 Å². The molecule has 0 saturated carbocycles. The maximum Gasteiger partial charge on any atom is 0.250 e. The largest absolute Gasteiger partial charge is 0.366 e. The van der Waals surface area contributed by atoms with E-state index in [1.54, 1.807) is 17.0 Å². The lowest BCUT2D eigenvalue weighted by molar-refractivity contribution is 0.1000. The summed E-state index contributed by atoms with van der Waals surface area (Å²) in [5, 5.41) is 15.0. The minimum absolute atomic E-state index is 0.298. The van der Waals surface area contributed by atoms with Crippen molar-refractivity contribution in [3.63, 3.8) is 0 Å². The number of carbonyl (C=O) groups excluding carboxylic acids is 1. The molecule has 1 aliphatic heterocycles. The van der Waals surface area contributed by atoms with E-state index in [-0.39, 0.29) is 0 Å². The van der Waals surface area contributed by atoms with Crippen LogP contribution in [0.4, 0.5) is 0 Å². The molecule has 1 saturated heterocycles. The molecule has 3 aromatic rings. The van der Waals surface area contributed by atoms with Gasteiger partial charge in [-0.1, -0.05) is 30.3 Å². The van der Waals surface area contributed by atoms with Crippen LogP contribution in [0.15, 0.2) is 48.5 Å². The molecule has 0 radical (unpaired) electrons. The van der Waals surface area contributed by atoms with Crippen molar-refractivity contribution in [1.82, 2.24) is 14.7 Å². The van der Waals surface area contributed by atoms with Crippen molar-refractivity contribution in [2.45, 2.75) is 18.8 Å². The number of hydrogen-bond donors (Lipinski definition) is 1. The molecule has 26 heavy (non-hydrogen) atoms. The number of hydrogen-bond acceptors (Lipinski definition) is 4. The number of amides is 1. The average Bonchev–Trinajstić information content (AvgIpc) is 3.07. The maximum atomic E-state index is 11.9. The number of nitrogens with two attached hydrogens (primary N) is 1. The number of primary amides is 1. The number of benzene rings is 2. The van der Waals surface area contributed by atoms with Gasteiger partial charge in [0.25, 0.3) is 5.91 Å². The monoisotopic (exact) mass is 345 g/mol. The first-order valence-electron chi connectivity index (χ1n) is 8.70. The van der Waals surface area contributed by atoms with Gasteiger partial charge in [0, 0.05) is 24.4 Å². The number of aromatic nitrogens is 2. The molecule has 0 unspecified atom stereocenters. The summed E-state index contributed by atoms with van der Waals surface area (Å²) in [5.74, 6) is -0.171. The molecule has 0 aliphatic carbocycles. The molecule has 0 spiro atoms. The molecule has 0 bridgehead atoms. The van der Waals surface area contributed by atoms with E-state index in [9.17, 15) is 4.79 Å². The number of nitrogens with zero attached hydrogens (tertiary/aromatic N) is 4. The summed E-state index contributed by atoms with van der Waals surface area (Å²) in [6, 6.07) is 15.3. The number of rotatable bonds is 3. The third kappa shape index (κ3) is 2.68. The van der Waals surface area contributed by atoms with Crippen LogP contribution in [0, 0.1) is 11.5 Å². The maximum absolute atomic E-state index is 11.9. The first-order valence-corrected chi connectivity index (χ1v) is 8.70. The van der Waals surface area contributed by atoms with Crippen LogP contribution in [0.3, 0.4) is 0 Å². The van der Waals surface area contributed by atoms with Gasteiger partial charge in [-0.3, -0.25) is 4.79 Å². The van der Waals surface area contributed by atoms with Crippen LogP contribution in [-0.2, 0) is 0 Å². The fourth-order valence-corrected chi connectivity index (χ4v) is 3.70. The predicted molar refractivity (Wildman–Crippen MR) is 98.7 cm³/mol. The standard InChI is InChI=1S/C20H19N5O/c21-13-24-11-9-14(10-12-24)19-15-5-1-3-7-17(15)25(23-19)18-8-4-2-6-16(18)20(22)26/h1-8,14H,9-12H2,(H2,22,26). The second kappa shape index (κ2) is 6.52. The first kappa shape index (κ1) is 16.2. The van der Waals surface area contributed by atoms with Crippen molar-refractivity contribution in [3.8, 4) is 11.9 Å². The van der Waals surface area contributed by atoms with Crippen LogP contribution in [0.5, 0.6) is 0 Å². The molecule has 1 amide bonds. The molecule has 0 atom stereocenters. The summed E-state index contributed by atoms with van der Waals surface area (Å²) >= 11 is 0. The topological polar surface area (TPSA) is 87.9 Å². The van der Waals surface area contributed by atoms with Gasteiger partial charge in [-0.25, -0.2) is 4.68 Å². The molecule has 2 aromatic carbocycles. The van der Waals surface area contributed by atoms with Gasteiger partial charge in [0.1, 0.15) is 0 Å². The predicted octanol–water partition coefficient (Wildman–Crippen LogP) is 2.78. The van der Waals surface area contributed by atoms with E-state index in [1.165, 1.54) is 0 Å². The van der Waals surface area contributed by atoms with Crippen molar-refractivity contribution in [2.75, 3.05) is 13.1 Å². The molecule has 130 valence electrons. The lowest BCUT2D eigenvalue weighted by atomic mass is 9.92. The van der Waals surface area contributed by atoms with Crippen molar-refractivity contribution in [1.29, 1.82) is 5.26 Å². The van der Waals surface area contributed by atoms with Crippen molar-refractivity contribution in [3.05, 3.63) is 59.8 Å². The Morgan fingerprint density at radius 1 is 1.12 bits per heavy atom. The molecular formula is C20H19N5O. The third-order valence-corrected chi connectivity index (χ3v) is 5.04. The van der Waals surface area contributed by atoms with E-state index in [4.69, 9.17) is 16.1 Å². The highest BCUT2D eigenvalue weighted by molar-refractivity contribution is 5.97. The van der Waals surface area contributed by atoms with Gasteiger partial charge in [0.05, 0.1) is 22.5 Å². The number of fused-ring (bicyclic) bond motifs is 1. The first-order chi connectivity index (χ1) is 12.7. The minimum atomic E-state index is -0.468. The van der Waals surface area contributed by atoms with Gasteiger partial charge in [-0.05, 0) is 31.0 Å². The molecule has 2 heterocycles. The SMILES string of the molecule is N#CN1CCC(c2nn(-c3ccccc3C(N)=O)c3ccccc23)CC1. The summed E-state index contributed by atoms with van der Waals surface area (Å²) in [6.45, 7) is 1.50. The zero-order chi connectivity index (χ0) is 18.1. The number of likely N-dealkylation sites (tertiary alicyclic amines) is 1. The zero-order valence-electron chi connectivity index (χ0n) is 14.3. The summed E-state index contributed by atoms with van der Waals surface area (Å²) in [5.41, 5.74) is 8.68. The summed E-state index contributed by atoms with van der Waals surface area (Å²) in [4.78, 5) is 13.6. The van der Waals surface area contributed by atoms with Crippen LogP contribution in [0.25, 0.3) is 16.6 Å². The summed E-state index contributed by atoms with van der Waals surface area (Å²) < 4.78 is 1.82. The Morgan fingerprint density at radius 3 is 2.54 bits per heavy atom. The fourth-order valence-electron chi connectivity index (χ4n) is 3.70. The molecular weight excluding hydrogens is 326 g/mol. The smallest absolute Gasteiger partial charge is 0.250 e. The molecule has 1 aliphatic rings. The Kier molecular flexibility index (Phi) is 4.05. The lowest BCUT2D eigenvalue weighted by Crippen LogP contribution is -2.29. The molecule has 1 fully saturated rings. The van der Waals surface area contributed by atoms with E-state index in [1.807, 2.05) is 35.0 Å². The van der Waals surface area contributed by atoms with Gasteiger partial charge in [0.2, 0.25) is 0 Å². The normalized spacial score (nSPS) is 15.1. The van der Waals surface area contributed by atoms with Crippen molar-refractivity contribution < 1.29 is 4.79 Å². The van der Waals surface area contributed by atoms with E-state index >= 15 is 0 Å². The van der Waals surface area contributed by atoms with Gasteiger partial charge < -0.3 is 10.6 Å². The average molecular weight is 345 g/mol. The highest BCUT2D eigenvalue weighted by atomic mass is 16.1. The minimum Gasteiger partial charge on any atom is -0.366 e. The van der Waals surface area contributed by atoms with Crippen LogP contribution in [0.1, 0.15) is 34.8 Å². The Bertz CT molecular complexity index is 1010. The highest BCUT2D eigenvalue weighted by Gasteiger charge is 2.25.